The second kappa shape index (κ2) is 5.21. The fourth-order valence-electron chi connectivity index (χ4n) is 1.15. The zero-order chi connectivity index (χ0) is 12.3. The van der Waals surface area contributed by atoms with E-state index >= 15 is 0 Å². The predicted molar refractivity (Wildman–Crippen MR) is 60.3 cm³/mol. The van der Waals surface area contributed by atoms with Gasteiger partial charge in [0.05, 0.1) is 5.56 Å². The Bertz CT molecular complexity index is 429. The molecule has 88 valence electrons. The Hall–Kier alpha value is -1.23. The van der Waals surface area contributed by atoms with Gasteiger partial charge in [-0.3, -0.25) is 4.21 Å². The van der Waals surface area contributed by atoms with Gasteiger partial charge in [0, 0.05) is 21.8 Å². The van der Waals surface area contributed by atoms with Gasteiger partial charge in [0.25, 0.3) is 0 Å². The number of benzene rings is 1. The zero-order valence-electron chi connectivity index (χ0n) is 9.07. The van der Waals surface area contributed by atoms with Crippen molar-refractivity contribution in [3.63, 3.8) is 0 Å². The lowest BCUT2D eigenvalue weighted by Gasteiger charge is -2.06. The Morgan fingerprint density at radius 1 is 1.50 bits per heavy atom. The van der Waals surface area contributed by atoms with Crippen LogP contribution < -0.4 is 0 Å². The molecule has 0 amide bonds. The molecule has 0 heterocycles. The molecule has 0 radical (unpaired) electrons. The summed E-state index contributed by atoms with van der Waals surface area (Å²) in [4.78, 5) is 10.6. The van der Waals surface area contributed by atoms with Gasteiger partial charge in [0.1, 0.15) is 5.82 Å². The first kappa shape index (κ1) is 12.8. The largest absolute Gasteiger partial charge is 0.478 e. The molecule has 0 bridgehead atoms. The smallest absolute Gasteiger partial charge is 0.338 e. The molecule has 0 aliphatic heterocycles. The van der Waals surface area contributed by atoms with E-state index in [0.29, 0.717) is 5.56 Å². The third-order valence-corrected chi connectivity index (χ3v) is 3.77. The maximum atomic E-state index is 13.3. The molecule has 1 atom stereocenters. The van der Waals surface area contributed by atoms with Crippen LogP contribution in [0, 0.1) is 5.82 Å². The highest BCUT2D eigenvalue weighted by molar-refractivity contribution is 7.84. The van der Waals surface area contributed by atoms with Gasteiger partial charge in [-0.25, -0.2) is 9.18 Å². The number of hydrogen-bond donors (Lipinski definition) is 1. The molecule has 0 aliphatic rings. The Morgan fingerprint density at radius 3 is 2.56 bits per heavy atom. The molecule has 3 nitrogen and oxygen atoms in total. The number of carbonyl (C=O) groups is 1. The average Bonchev–Trinajstić information content (AvgIpc) is 2.16. The van der Waals surface area contributed by atoms with Crippen LogP contribution in [0.1, 0.15) is 29.8 Å². The molecule has 1 rings (SSSR count). The van der Waals surface area contributed by atoms with Crippen LogP contribution in [0.5, 0.6) is 0 Å². The number of carboxylic acids is 1. The standard InChI is InChI=1S/C11H13FO3S/c1-7(2)16(15)6-8-3-4-9(11(13)14)10(12)5-8/h3-5,7H,6H2,1-2H3,(H,13,14). The molecular formula is C11H13FO3S. The van der Waals surface area contributed by atoms with Gasteiger partial charge in [-0.1, -0.05) is 19.9 Å². The molecule has 0 fully saturated rings. The van der Waals surface area contributed by atoms with E-state index in [-0.39, 0.29) is 16.6 Å². The molecule has 1 aromatic rings. The molecule has 0 saturated heterocycles. The SMILES string of the molecule is CC(C)S(=O)Cc1ccc(C(=O)O)c(F)c1. The summed E-state index contributed by atoms with van der Waals surface area (Å²) in [6.07, 6.45) is 0. The summed E-state index contributed by atoms with van der Waals surface area (Å²) in [6, 6.07) is 3.82. The zero-order valence-corrected chi connectivity index (χ0v) is 9.88. The molecular weight excluding hydrogens is 231 g/mol. The van der Waals surface area contributed by atoms with Crippen molar-refractivity contribution in [1.29, 1.82) is 0 Å². The minimum atomic E-state index is -1.30. The van der Waals surface area contributed by atoms with E-state index in [1.807, 2.05) is 13.8 Å². The summed E-state index contributed by atoms with van der Waals surface area (Å²) >= 11 is 0. The van der Waals surface area contributed by atoms with Crippen molar-refractivity contribution >= 4 is 16.8 Å². The molecule has 5 heteroatoms. The molecule has 1 N–H and O–H groups in total. The second-order valence-electron chi connectivity index (χ2n) is 3.69. The maximum Gasteiger partial charge on any atom is 0.338 e. The van der Waals surface area contributed by atoms with Gasteiger partial charge < -0.3 is 5.11 Å². The molecule has 0 saturated carbocycles. The lowest BCUT2D eigenvalue weighted by atomic mass is 10.1. The fourth-order valence-corrected chi connectivity index (χ4v) is 1.99. The molecule has 1 aromatic carbocycles. The number of aromatic carboxylic acids is 1. The highest BCUT2D eigenvalue weighted by Crippen LogP contribution is 2.13. The van der Waals surface area contributed by atoms with Crippen LogP contribution >= 0.6 is 0 Å². The van der Waals surface area contributed by atoms with Crippen LogP contribution in [0.3, 0.4) is 0 Å². The average molecular weight is 244 g/mol. The first-order valence-electron chi connectivity index (χ1n) is 4.80. The summed E-state index contributed by atoms with van der Waals surface area (Å²) < 4.78 is 24.8. The van der Waals surface area contributed by atoms with E-state index in [9.17, 15) is 13.4 Å². The van der Waals surface area contributed by atoms with Gasteiger partial charge >= 0.3 is 5.97 Å². The summed E-state index contributed by atoms with van der Waals surface area (Å²) in [6.45, 7) is 3.64. The molecule has 0 aromatic heterocycles. The molecule has 0 aliphatic carbocycles. The van der Waals surface area contributed by atoms with Gasteiger partial charge in [-0.15, -0.1) is 0 Å². The van der Waals surface area contributed by atoms with Crippen LogP contribution in [0.15, 0.2) is 18.2 Å². The predicted octanol–water partition coefficient (Wildman–Crippen LogP) is 2.18. The van der Waals surface area contributed by atoms with Crippen LogP contribution in [-0.2, 0) is 16.6 Å². The van der Waals surface area contributed by atoms with Gasteiger partial charge in [-0.2, -0.15) is 0 Å². The Labute approximate surface area is 95.8 Å². The summed E-state index contributed by atoms with van der Waals surface area (Å²) in [7, 11) is -1.06. The molecule has 16 heavy (non-hydrogen) atoms. The first-order chi connectivity index (χ1) is 7.41. The highest BCUT2D eigenvalue weighted by atomic mass is 32.2. The molecule has 1 unspecified atom stereocenters. The fraction of sp³-hybridized carbons (Fsp3) is 0.364. The quantitative estimate of drug-likeness (QED) is 0.883. The van der Waals surface area contributed by atoms with Crippen LogP contribution in [0.2, 0.25) is 0 Å². The van der Waals surface area contributed by atoms with E-state index in [2.05, 4.69) is 0 Å². The van der Waals surface area contributed by atoms with E-state index < -0.39 is 22.6 Å². The van der Waals surface area contributed by atoms with Crippen molar-refractivity contribution in [1.82, 2.24) is 0 Å². The number of hydrogen-bond acceptors (Lipinski definition) is 2. The summed E-state index contributed by atoms with van der Waals surface area (Å²) in [5, 5.41) is 8.63. The van der Waals surface area contributed by atoms with Gasteiger partial charge in [0.2, 0.25) is 0 Å². The van der Waals surface area contributed by atoms with E-state index in [0.717, 1.165) is 6.07 Å². The summed E-state index contributed by atoms with van der Waals surface area (Å²) in [5.41, 5.74) is 0.189. The topological polar surface area (TPSA) is 54.4 Å². The number of rotatable bonds is 4. The minimum Gasteiger partial charge on any atom is -0.478 e. The molecule has 0 spiro atoms. The van der Waals surface area contributed by atoms with E-state index in [1.165, 1.54) is 12.1 Å². The van der Waals surface area contributed by atoms with Crippen LogP contribution in [0.25, 0.3) is 0 Å². The normalized spacial score (nSPS) is 12.8. The highest BCUT2D eigenvalue weighted by Gasteiger charge is 2.12. The first-order valence-corrected chi connectivity index (χ1v) is 6.19. The Balaban J connectivity index is 2.90. The van der Waals surface area contributed by atoms with Crippen LogP contribution in [0.4, 0.5) is 4.39 Å². The maximum absolute atomic E-state index is 13.3. The summed E-state index contributed by atoms with van der Waals surface area (Å²) in [5.74, 6) is -1.84. The number of halogens is 1. The van der Waals surface area contributed by atoms with E-state index in [4.69, 9.17) is 5.11 Å². The van der Waals surface area contributed by atoms with Crippen molar-refractivity contribution in [3.05, 3.63) is 35.1 Å². The lowest BCUT2D eigenvalue weighted by Crippen LogP contribution is -2.09. The Kier molecular flexibility index (Phi) is 4.18. The van der Waals surface area contributed by atoms with Crippen molar-refractivity contribution in [2.75, 3.05) is 0 Å². The lowest BCUT2D eigenvalue weighted by molar-refractivity contribution is 0.0692. The van der Waals surface area contributed by atoms with Crippen LogP contribution in [-0.4, -0.2) is 20.5 Å². The van der Waals surface area contributed by atoms with Gasteiger partial charge in [0.15, 0.2) is 0 Å². The van der Waals surface area contributed by atoms with Crippen molar-refractivity contribution in [3.8, 4) is 0 Å². The van der Waals surface area contributed by atoms with Crippen molar-refractivity contribution < 1.29 is 18.5 Å². The second-order valence-corrected chi connectivity index (χ2v) is 5.69. The van der Waals surface area contributed by atoms with E-state index in [1.54, 1.807) is 0 Å². The number of carboxylic acid groups (broad SMARTS) is 1. The Morgan fingerprint density at radius 2 is 2.12 bits per heavy atom. The van der Waals surface area contributed by atoms with Crippen molar-refractivity contribution in [2.45, 2.75) is 24.9 Å². The van der Waals surface area contributed by atoms with Gasteiger partial charge in [-0.05, 0) is 17.7 Å². The monoisotopic (exact) mass is 244 g/mol. The van der Waals surface area contributed by atoms with Crippen molar-refractivity contribution in [2.24, 2.45) is 0 Å². The third-order valence-electron chi connectivity index (χ3n) is 2.10. The minimum absolute atomic E-state index is 0.00205. The third kappa shape index (κ3) is 3.13.